The van der Waals surface area contributed by atoms with Crippen LogP contribution in [0.3, 0.4) is 0 Å². The summed E-state index contributed by atoms with van der Waals surface area (Å²) in [6.45, 7) is 8.95. The lowest BCUT2D eigenvalue weighted by molar-refractivity contribution is -0.137. The molecule has 0 heterocycles. The summed E-state index contributed by atoms with van der Waals surface area (Å²) in [5.41, 5.74) is 2.56. The summed E-state index contributed by atoms with van der Waals surface area (Å²) < 4.78 is 52.4. The van der Waals surface area contributed by atoms with E-state index in [1.54, 1.807) is 20.8 Å². The first-order valence-electron chi connectivity index (χ1n) is 11.9. The third kappa shape index (κ3) is 8.16. The molecule has 9 nitrogen and oxygen atoms in total. The first-order valence-corrected chi connectivity index (χ1v) is 14.7. The lowest BCUT2D eigenvalue weighted by Gasteiger charge is -2.42. The minimum absolute atomic E-state index is 0.0549. The van der Waals surface area contributed by atoms with Gasteiger partial charge in [0.15, 0.2) is 0 Å². The maximum Gasteiger partial charge on any atom is 0.417 e. The fourth-order valence-corrected chi connectivity index (χ4v) is 4.94. The predicted octanol–water partition coefficient (Wildman–Crippen LogP) is 4.05. The molecule has 40 heavy (non-hydrogen) atoms. The molecule has 2 atom stereocenters. The Bertz CT molecular complexity index is 1270. The summed E-state index contributed by atoms with van der Waals surface area (Å²) in [5.74, 6) is -2.02. The second-order valence-corrected chi connectivity index (χ2v) is 10.5. The van der Waals surface area contributed by atoms with E-state index < -0.39 is 52.8 Å². The second-order valence-electron chi connectivity index (χ2n) is 9.21. The summed E-state index contributed by atoms with van der Waals surface area (Å²) in [6.07, 6.45) is -5.52. The van der Waals surface area contributed by atoms with Gasteiger partial charge in [-0.2, -0.15) is 23.7 Å². The smallest absolute Gasteiger partial charge is 0.394 e. The van der Waals surface area contributed by atoms with Crippen molar-refractivity contribution in [1.82, 2.24) is 10.9 Å². The lowest BCUT2D eigenvalue weighted by atomic mass is 9.74. The predicted molar refractivity (Wildman–Crippen MR) is 142 cm³/mol. The van der Waals surface area contributed by atoms with E-state index >= 15 is 0 Å². The molecule has 2 aromatic carbocycles. The van der Waals surface area contributed by atoms with Crippen molar-refractivity contribution in [3.8, 4) is 12.1 Å². The highest BCUT2D eigenvalue weighted by atomic mass is 28.2. The molecule has 0 bridgehead atoms. The molecule has 0 aliphatic rings. The molecular weight excluding hydrogens is 559 g/mol. The van der Waals surface area contributed by atoms with Gasteiger partial charge in [-0.05, 0) is 61.5 Å². The van der Waals surface area contributed by atoms with Crippen LogP contribution < -0.4 is 16.2 Å². The number of nitriles is 2. The average Bonchev–Trinajstić information content (AvgIpc) is 2.93. The van der Waals surface area contributed by atoms with Crippen LogP contribution in [-0.2, 0) is 19.8 Å². The van der Waals surface area contributed by atoms with Gasteiger partial charge >= 0.3 is 6.18 Å². The van der Waals surface area contributed by atoms with Crippen LogP contribution in [0.4, 0.5) is 18.9 Å². The van der Waals surface area contributed by atoms with Gasteiger partial charge in [0.2, 0.25) is 19.5 Å². The highest BCUT2D eigenvalue weighted by Gasteiger charge is 2.43. The number of hydrazine groups is 1. The van der Waals surface area contributed by atoms with Crippen molar-refractivity contribution in [1.29, 1.82) is 10.5 Å². The van der Waals surface area contributed by atoms with E-state index in [4.69, 9.17) is 19.4 Å². The normalized spacial score (nSPS) is 13.1. The summed E-state index contributed by atoms with van der Waals surface area (Å²) in [6, 6.07) is 11.0. The molecule has 0 saturated heterocycles. The Hall–Kier alpha value is -3.70. The van der Waals surface area contributed by atoms with Crippen molar-refractivity contribution in [3.63, 3.8) is 0 Å². The number of benzene rings is 2. The minimum Gasteiger partial charge on any atom is -0.394 e. The topological polar surface area (TPSA) is 136 Å². The van der Waals surface area contributed by atoms with Crippen LogP contribution in [0.2, 0.25) is 13.1 Å². The van der Waals surface area contributed by atoms with Gasteiger partial charge in [0.05, 0.1) is 28.8 Å². The summed E-state index contributed by atoms with van der Waals surface area (Å²) >= 11 is 0. The van der Waals surface area contributed by atoms with E-state index in [1.807, 2.05) is 19.2 Å². The van der Waals surface area contributed by atoms with Crippen LogP contribution in [-0.4, -0.2) is 43.7 Å². The number of nitrogens with one attached hydrogen (secondary N) is 3. The molecular formula is C26H28F3N5O4Si2. The number of halogens is 3. The van der Waals surface area contributed by atoms with Gasteiger partial charge in [-0.1, -0.05) is 20.8 Å². The first-order chi connectivity index (χ1) is 18.8. The molecule has 3 N–H and O–H groups in total. The SMILES string of the molecule is C[Si]OC(O[Si]C)C(C)(C)[C@H](C)[C@@H](Nc1ccc(C#N)c(C(F)(F)F)c1)C(=O)NNC(=O)c1ccc(C#N)cc1. The molecule has 14 heteroatoms. The average molecular weight is 588 g/mol. The van der Waals surface area contributed by atoms with Crippen molar-refractivity contribution in [2.24, 2.45) is 11.3 Å². The number of hydrogen-bond acceptors (Lipinski definition) is 7. The van der Waals surface area contributed by atoms with E-state index in [2.05, 4.69) is 16.2 Å². The maximum absolute atomic E-state index is 13.6. The Labute approximate surface area is 235 Å². The highest BCUT2D eigenvalue weighted by molar-refractivity contribution is 6.26. The monoisotopic (exact) mass is 587 g/mol. The van der Waals surface area contributed by atoms with Crippen molar-refractivity contribution >= 4 is 37.0 Å². The summed E-state index contributed by atoms with van der Waals surface area (Å²) in [5, 5.41) is 20.9. The number of hydrogen-bond donors (Lipinski definition) is 3. The third-order valence-corrected chi connectivity index (χ3v) is 7.26. The van der Waals surface area contributed by atoms with Gasteiger partial charge in [-0.3, -0.25) is 20.4 Å². The molecule has 2 amide bonds. The number of carbonyl (C=O) groups is 2. The number of anilines is 1. The van der Waals surface area contributed by atoms with E-state index in [0.29, 0.717) is 5.56 Å². The molecule has 0 saturated carbocycles. The number of amides is 2. The largest absolute Gasteiger partial charge is 0.417 e. The zero-order valence-corrected chi connectivity index (χ0v) is 24.4. The summed E-state index contributed by atoms with van der Waals surface area (Å²) in [4.78, 5) is 26.0. The van der Waals surface area contributed by atoms with Gasteiger partial charge in [-0.25, -0.2) is 0 Å². The molecule has 0 fully saturated rings. The van der Waals surface area contributed by atoms with Gasteiger partial charge in [0.1, 0.15) is 12.3 Å². The summed E-state index contributed by atoms with van der Waals surface area (Å²) in [7, 11) is 0.143. The van der Waals surface area contributed by atoms with Crippen LogP contribution in [0.15, 0.2) is 42.5 Å². The minimum atomic E-state index is -4.79. The quantitative estimate of drug-likeness (QED) is 0.205. The van der Waals surface area contributed by atoms with Crippen molar-refractivity contribution in [3.05, 3.63) is 64.7 Å². The Morgan fingerprint density at radius 2 is 1.55 bits per heavy atom. The Balaban J connectivity index is 2.41. The van der Waals surface area contributed by atoms with Crippen LogP contribution in [0.5, 0.6) is 0 Å². The van der Waals surface area contributed by atoms with E-state index in [1.165, 1.54) is 36.4 Å². The molecule has 0 spiro atoms. The highest BCUT2D eigenvalue weighted by Crippen LogP contribution is 2.38. The molecule has 0 aliphatic heterocycles. The van der Waals surface area contributed by atoms with Crippen LogP contribution >= 0.6 is 0 Å². The molecule has 0 aliphatic carbocycles. The Morgan fingerprint density at radius 1 is 0.950 bits per heavy atom. The molecule has 2 aromatic rings. The van der Waals surface area contributed by atoms with E-state index in [-0.39, 0.29) is 30.8 Å². The van der Waals surface area contributed by atoms with Gasteiger partial charge < -0.3 is 14.2 Å². The van der Waals surface area contributed by atoms with Crippen molar-refractivity contribution in [2.75, 3.05) is 5.32 Å². The van der Waals surface area contributed by atoms with Crippen LogP contribution in [0.25, 0.3) is 0 Å². The van der Waals surface area contributed by atoms with E-state index in [0.717, 1.165) is 12.1 Å². The fraction of sp³-hybridized carbons (Fsp3) is 0.385. The Kier molecular flexibility index (Phi) is 11.5. The van der Waals surface area contributed by atoms with Gasteiger partial charge in [-0.15, -0.1) is 0 Å². The zero-order chi connectivity index (χ0) is 30.1. The molecule has 0 aromatic heterocycles. The van der Waals surface area contributed by atoms with Crippen molar-refractivity contribution < 1.29 is 31.6 Å². The zero-order valence-electron chi connectivity index (χ0n) is 22.4. The van der Waals surface area contributed by atoms with Crippen molar-refractivity contribution in [2.45, 2.75) is 52.4 Å². The molecule has 210 valence electrons. The first kappa shape index (κ1) is 32.5. The second kappa shape index (κ2) is 14.1. The number of rotatable bonds is 11. The standard InChI is InChI=1S/C26H28F3N5O4Si2/c1-15(25(2,3)24(37-39-4)38-40-5)21(32-19-11-10-18(14-31)20(12-19)26(27,28)29)23(36)34-33-22(35)17-8-6-16(13-30)7-9-17/h6-12,15,21,24,32H,1-5H3,(H,33,35)(H,34,36)/t15-,21-/m1/s1. The van der Waals surface area contributed by atoms with Crippen LogP contribution in [0, 0.1) is 34.0 Å². The Morgan fingerprint density at radius 3 is 2.05 bits per heavy atom. The molecule has 2 rings (SSSR count). The fourth-order valence-electron chi connectivity index (χ4n) is 3.71. The lowest BCUT2D eigenvalue weighted by Crippen LogP contribution is -2.55. The van der Waals surface area contributed by atoms with Gasteiger partial charge in [0, 0.05) is 16.7 Å². The molecule has 0 unspecified atom stereocenters. The maximum atomic E-state index is 13.6. The van der Waals surface area contributed by atoms with Crippen LogP contribution in [0.1, 0.15) is 47.8 Å². The van der Waals surface area contributed by atoms with E-state index in [9.17, 15) is 22.8 Å². The molecule has 4 radical (unpaired) electrons. The van der Waals surface area contributed by atoms with Gasteiger partial charge in [0.25, 0.3) is 11.8 Å². The third-order valence-electron chi connectivity index (χ3n) is 6.36. The number of alkyl halides is 3. The number of carbonyl (C=O) groups excluding carboxylic acids is 2. The number of nitrogens with zero attached hydrogens (tertiary/aromatic N) is 2.